The van der Waals surface area contributed by atoms with E-state index in [2.05, 4.69) is 13.8 Å². The summed E-state index contributed by atoms with van der Waals surface area (Å²) in [5.41, 5.74) is 0. The minimum atomic E-state index is -3.76. The van der Waals surface area contributed by atoms with Crippen molar-refractivity contribution in [3.05, 3.63) is 0 Å². The monoisotopic (exact) mass is 294 g/mol. The summed E-state index contributed by atoms with van der Waals surface area (Å²) in [7, 11) is -3.76. The Kier molecular flexibility index (Phi) is 12.8. The third kappa shape index (κ3) is 14.1. The first kappa shape index (κ1) is 18.9. The SMILES string of the molecule is CCCCCCCCCOS(=O)(=O)OCCCCC. The molecule has 0 atom stereocenters. The molecule has 0 aromatic heterocycles. The van der Waals surface area contributed by atoms with E-state index in [9.17, 15) is 8.42 Å². The van der Waals surface area contributed by atoms with E-state index in [1.165, 1.54) is 25.7 Å². The lowest BCUT2D eigenvalue weighted by molar-refractivity contribution is 0.208. The van der Waals surface area contributed by atoms with Crippen molar-refractivity contribution in [1.29, 1.82) is 0 Å². The maximum Gasteiger partial charge on any atom is 0.399 e. The van der Waals surface area contributed by atoms with Crippen molar-refractivity contribution >= 4 is 10.4 Å². The molecule has 0 radical (unpaired) electrons. The lowest BCUT2D eigenvalue weighted by Gasteiger charge is -2.05. The highest BCUT2D eigenvalue weighted by atomic mass is 32.3. The van der Waals surface area contributed by atoms with E-state index in [1.807, 2.05) is 0 Å². The normalized spacial score (nSPS) is 11.9. The topological polar surface area (TPSA) is 52.6 Å². The Labute approximate surface area is 119 Å². The molecular formula is C14H30O4S. The van der Waals surface area contributed by atoms with Crippen LogP contribution in [-0.2, 0) is 18.8 Å². The van der Waals surface area contributed by atoms with E-state index in [0.29, 0.717) is 0 Å². The average molecular weight is 294 g/mol. The molecule has 0 saturated heterocycles. The van der Waals surface area contributed by atoms with E-state index >= 15 is 0 Å². The van der Waals surface area contributed by atoms with Gasteiger partial charge in [0.25, 0.3) is 0 Å². The third-order valence-corrected chi connectivity index (χ3v) is 3.86. The van der Waals surface area contributed by atoms with Crippen LogP contribution in [0.4, 0.5) is 0 Å². The van der Waals surface area contributed by atoms with Gasteiger partial charge >= 0.3 is 10.4 Å². The van der Waals surface area contributed by atoms with Crippen LogP contribution in [0.15, 0.2) is 0 Å². The van der Waals surface area contributed by atoms with Crippen LogP contribution >= 0.6 is 0 Å². The highest BCUT2D eigenvalue weighted by Crippen LogP contribution is 2.08. The molecule has 116 valence electrons. The molecule has 0 aliphatic carbocycles. The van der Waals surface area contributed by atoms with Crippen LogP contribution in [-0.4, -0.2) is 21.6 Å². The van der Waals surface area contributed by atoms with Crippen molar-refractivity contribution in [2.45, 2.75) is 78.1 Å². The van der Waals surface area contributed by atoms with E-state index in [0.717, 1.165) is 38.5 Å². The predicted octanol–water partition coefficient (Wildman–Crippen LogP) is 4.21. The predicted molar refractivity (Wildman–Crippen MR) is 78.3 cm³/mol. The first-order valence-corrected chi connectivity index (χ1v) is 8.99. The Hall–Kier alpha value is -0.130. The second-order valence-electron chi connectivity index (χ2n) is 4.88. The average Bonchev–Trinajstić information content (AvgIpc) is 2.38. The zero-order chi connectivity index (χ0) is 14.4. The summed E-state index contributed by atoms with van der Waals surface area (Å²) in [4.78, 5) is 0. The largest absolute Gasteiger partial charge is 0.399 e. The Balaban J connectivity index is 3.38. The lowest BCUT2D eigenvalue weighted by Crippen LogP contribution is -2.12. The van der Waals surface area contributed by atoms with Crippen LogP contribution in [0.5, 0.6) is 0 Å². The zero-order valence-corrected chi connectivity index (χ0v) is 13.3. The zero-order valence-electron chi connectivity index (χ0n) is 12.5. The molecule has 0 N–H and O–H groups in total. The molecule has 0 heterocycles. The molecule has 0 fully saturated rings. The molecule has 0 aromatic rings. The number of rotatable bonds is 14. The van der Waals surface area contributed by atoms with Gasteiger partial charge in [-0.3, -0.25) is 0 Å². The van der Waals surface area contributed by atoms with Gasteiger partial charge in [0.1, 0.15) is 0 Å². The van der Waals surface area contributed by atoms with Crippen LogP contribution in [0.3, 0.4) is 0 Å². The van der Waals surface area contributed by atoms with Gasteiger partial charge in [-0.1, -0.05) is 65.2 Å². The van der Waals surface area contributed by atoms with Crippen LogP contribution in [0, 0.1) is 0 Å². The summed E-state index contributed by atoms with van der Waals surface area (Å²) >= 11 is 0. The fourth-order valence-corrected chi connectivity index (χ4v) is 2.48. The number of hydrogen-bond acceptors (Lipinski definition) is 4. The summed E-state index contributed by atoms with van der Waals surface area (Å²) in [6.45, 7) is 4.72. The molecule has 0 saturated carbocycles. The Bertz CT molecular complexity index is 275. The van der Waals surface area contributed by atoms with Gasteiger partial charge < -0.3 is 0 Å². The smallest absolute Gasteiger partial charge is 0.248 e. The molecule has 4 nitrogen and oxygen atoms in total. The van der Waals surface area contributed by atoms with E-state index in [-0.39, 0.29) is 13.2 Å². The quantitative estimate of drug-likeness (QED) is 0.450. The molecule has 0 bridgehead atoms. The summed E-state index contributed by atoms with van der Waals surface area (Å²) < 4.78 is 32.2. The standard InChI is InChI=1S/C14H30O4S/c1-3-5-7-8-9-10-12-14-18-19(15,16)17-13-11-6-4-2/h3-14H2,1-2H3. The minimum Gasteiger partial charge on any atom is -0.248 e. The molecule has 0 unspecified atom stereocenters. The maximum atomic E-state index is 11.3. The Morgan fingerprint density at radius 3 is 1.53 bits per heavy atom. The van der Waals surface area contributed by atoms with E-state index < -0.39 is 10.4 Å². The molecule has 0 amide bonds. The van der Waals surface area contributed by atoms with Gasteiger partial charge in [0.2, 0.25) is 0 Å². The fraction of sp³-hybridized carbons (Fsp3) is 1.00. The van der Waals surface area contributed by atoms with Crippen LogP contribution in [0.25, 0.3) is 0 Å². The van der Waals surface area contributed by atoms with E-state index in [4.69, 9.17) is 8.37 Å². The van der Waals surface area contributed by atoms with Gasteiger partial charge in [-0.2, -0.15) is 8.42 Å². The molecule has 0 spiro atoms. The van der Waals surface area contributed by atoms with E-state index in [1.54, 1.807) is 0 Å². The molecule has 5 heteroatoms. The van der Waals surface area contributed by atoms with Gasteiger partial charge in [0, 0.05) is 0 Å². The fourth-order valence-electron chi connectivity index (χ4n) is 1.77. The first-order valence-electron chi connectivity index (χ1n) is 7.66. The molecule has 19 heavy (non-hydrogen) atoms. The minimum absolute atomic E-state index is 0.229. The summed E-state index contributed by atoms with van der Waals surface area (Å²) in [5.74, 6) is 0. The first-order chi connectivity index (χ1) is 9.12. The van der Waals surface area contributed by atoms with Crippen LogP contribution in [0.2, 0.25) is 0 Å². The lowest BCUT2D eigenvalue weighted by atomic mass is 10.1. The second-order valence-corrected chi connectivity index (χ2v) is 6.17. The van der Waals surface area contributed by atoms with Gasteiger partial charge in [-0.15, -0.1) is 0 Å². The maximum absolute atomic E-state index is 11.3. The Morgan fingerprint density at radius 2 is 1.00 bits per heavy atom. The van der Waals surface area contributed by atoms with Crippen molar-refractivity contribution < 1.29 is 16.8 Å². The van der Waals surface area contributed by atoms with Crippen molar-refractivity contribution in [2.24, 2.45) is 0 Å². The van der Waals surface area contributed by atoms with Gasteiger partial charge in [0.15, 0.2) is 0 Å². The highest BCUT2D eigenvalue weighted by molar-refractivity contribution is 7.81. The second kappa shape index (κ2) is 12.9. The van der Waals surface area contributed by atoms with Crippen molar-refractivity contribution in [1.82, 2.24) is 0 Å². The Morgan fingerprint density at radius 1 is 0.632 bits per heavy atom. The van der Waals surface area contributed by atoms with Gasteiger partial charge in [0.05, 0.1) is 13.2 Å². The molecule has 0 aliphatic heterocycles. The molecule has 0 aromatic carbocycles. The molecule has 0 aliphatic rings. The van der Waals surface area contributed by atoms with Crippen molar-refractivity contribution in [2.75, 3.05) is 13.2 Å². The van der Waals surface area contributed by atoms with Crippen molar-refractivity contribution in [3.8, 4) is 0 Å². The van der Waals surface area contributed by atoms with Crippen LogP contribution < -0.4 is 0 Å². The summed E-state index contributed by atoms with van der Waals surface area (Å²) in [6, 6.07) is 0. The number of hydrogen-bond donors (Lipinski definition) is 0. The van der Waals surface area contributed by atoms with Crippen LogP contribution in [0.1, 0.15) is 78.1 Å². The summed E-state index contributed by atoms with van der Waals surface area (Å²) in [5, 5.41) is 0. The third-order valence-electron chi connectivity index (χ3n) is 2.95. The van der Waals surface area contributed by atoms with Gasteiger partial charge in [-0.05, 0) is 12.8 Å². The molecular weight excluding hydrogens is 264 g/mol. The summed E-state index contributed by atoms with van der Waals surface area (Å²) in [6.07, 6.45) is 10.8. The number of unbranched alkanes of at least 4 members (excludes halogenated alkanes) is 8. The van der Waals surface area contributed by atoms with Gasteiger partial charge in [-0.25, -0.2) is 8.37 Å². The highest BCUT2D eigenvalue weighted by Gasteiger charge is 2.10. The van der Waals surface area contributed by atoms with Crippen molar-refractivity contribution in [3.63, 3.8) is 0 Å². The molecule has 0 rings (SSSR count).